The van der Waals surface area contributed by atoms with Crippen molar-refractivity contribution in [1.82, 2.24) is 0 Å². The SMILES string of the molecule is C#CC1=C/C(=C)c2ccccc2S(C)(C)/C=C\1. The fourth-order valence-electron chi connectivity index (χ4n) is 1.91. The van der Waals surface area contributed by atoms with Crippen LogP contribution in [0.5, 0.6) is 0 Å². The van der Waals surface area contributed by atoms with Gasteiger partial charge in [-0.25, -0.2) is 0 Å². The third-order valence-corrected chi connectivity index (χ3v) is 5.19. The minimum absolute atomic E-state index is 0.894. The first-order chi connectivity index (χ1) is 8.04. The average molecular weight is 240 g/mol. The minimum Gasteiger partial charge on any atom is -0.200 e. The number of allylic oxidation sites excluding steroid dienone is 4. The Morgan fingerprint density at radius 1 is 1.24 bits per heavy atom. The molecule has 0 saturated heterocycles. The molecule has 0 nitrogen and oxygen atoms in total. The maximum atomic E-state index is 5.49. The van der Waals surface area contributed by atoms with Gasteiger partial charge in [-0.2, -0.15) is 10.0 Å². The van der Waals surface area contributed by atoms with E-state index in [9.17, 15) is 0 Å². The summed E-state index contributed by atoms with van der Waals surface area (Å²) < 4.78 is 0. The van der Waals surface area contributed by atoms with Gasteiger partial charge in [0.1, 0.15) is 0 Å². The van der Waals surface area contributed by atoms with Gasteiger partial charge in [-0.05, 0) is 47.3 Å². The maximum absolute atomic E-state index is 5.49. The molecule has 1 aliphatic rings. The van der Waals surface area contributed by atoms with Crippen molar-refractivity contribution in [2.24, 2.45) is 0 Å². The van der Waals surface area contributed by atoms with Gasteiger partial charge in [-0.15, -0.1) is 6.42 Å². The fraction of sp³-hybridized carbons (Fsp3) is 0.125. The van der Waals surface area contributed by atoms with Gasteiger partial charge in [0.15, 0.2) is 0 Å². The molecular weight excluding hydrogens is 224 g/mol. The van der Waals surface area contributed by atoms with Crippen LogP contribution < -0.4 is 0 Å². The van der Waals surface area contributed by atoms with Gasteiger partial charge in [0.2, 0.25) is 0 Å². The second-order valence-electron chi connectivity index (χ2n) is 4.47. The molecule has 0 aliphatic carbocycles. The molecule has 1 heterocycles. The number of rotatable bonds is 0. The molecular formula is C16H16S. The lowest BCUT2D eigenvalue weighted by Gasteiger charge is -2.31. The third-order valence-electron chi connectivity index (χ3n) is 2.88. The fourth-order valence-corrected chi connectivity index (χ4v) is 3.74. The highest BCUT2D eigenvalue weighted by atomic mass is 32.3. The van der Waals surface area contributed by atoms with E-state index in [1.54, 1.807) is 0 Å². The van der Waals surface area contributed by atoms with E-state index >= 15 is 0 Å². The summed E-state index contributed by atoms with van der Waals surface area (Å²) in [5.41, 5.74) is 3.10. The van der Waals surface area contributed by atoms with E-state index in [0.717, 1.165) is 11.1 Å². The molecule has 0 amide bonds. The number of terminal acetylenes is 1. The summed E-state index contributed by atoms with van der Waals surface area (Å²) in [5, 5.41) is 2.24. The predicted octanol–water partition coefficient (Wildman–Crippen LogP) is 4.21. The standard InChI is InChI=1S/C16H16S/c1-5-14-10-11-17(3,4)16-9-7-6-8-15(16)13(2)12-14/h1,6-12H,2H2,3-4H3/b11-10-,14-12-. The molecule has 1 aromatic rings. The average Bonchev–Trinajstić information content (AvgIpc) is 2.33. The van der Waals surface area contributed by atoms with Crippen LogP contribution in [0.4, 0.5) is 0 Å². The van der Waals surface area contributed by atoms with E-state index < -0.39 is 10.0 Å². The second kappa shape index (κ2) is 4.31. The van der Waals surface area contributed by atoms with Crippen molar-refractivity contribution in [1.29, 1.82) is 0 Å². The Morgan fingerprint density at radius 3 is 2.65 bits per heavy atom. The largest absolute Gasteiger partial charge is 0.200 e. The Bertz CT molecular complexity index is 565. The van der Waals surface area contributed by atoms with Crippen LogP contribution in [-0.2, 0) is 0 Å². The van der Waals surface area contributed by atoms with Crippen molar-refractivity contribution < 1.29 is 0 Å². The molecule has 1 heteroatoms. The maximum Gasteiger partial charge on any atom is 0.0253 e. The topological polar surface area (TPSA) is 0 Å². The Hall–Kier alpha value is -1.65. The van der Waals surface area contributed by atoms with Crippen LogP contribution in [0.2, 0.25) is 0 Å². The molecule has 0 atom stereocenters. The van der Waals surface area contributed by atoms with E-state index in [-0.39, 0.29) is 0 Å². The van der Waals surface area contributed by atoms with E-state index in [0.29, 0.717) is 0 Å². The van der Waals surface area contributed by atoms with Crippen molar-refractivity contribution in [3.8, 4) is 12.3 Å². The lowest BCUT2D eigenvalue weighted by Crippen LogP contribution is -1.99. The zero-order chi connectivity index (χ0) is 12.5. The number of hydrogen-bond acceptors (Lipinski definition) is 0. The minimum atomic E-state index is -0.956. The zero-order valence-electron chi connectivity index (χ0n) is 10.2. The first-order valence-corrected chi connectivity index (χ1v) is 7.94. The lowest BCUT2D eigenvalue weighted by atomic mass is 10.0. The first kappa shape index (κ1) is 11.8. The summed E-state index contributed by atoms with van der Waals surface area (Å²) in [7, 11) is -0.956. The summed E-state index contributed by atoms with van der Waals surface area (Å²) in [4.78, 5) is 1.37. The molecule has 2 rings (SSSR count). The highest BCUT2D eigenvalue weighted by Gasteiger charge is 2.17. The summed E-state index contributed by atoms with van der Waals surface area (Å²) in [6.07, 6.45) is 14.1. The van der Waals surface area contributed by atoms with Crippen molar-refractivity contribution in [2.75, 3.05) is 12.5 Å². The van der Waals surface area contributed by atoms with Gasteiger partial charge in [-0.1, -0.05) is 30.7 Å². The van der Waals surface area contributed by atoms with E-state index in [1.165, 1.54) is 10.5 Å². The van der Waals surface area contributed by atoms with Crippen LogP contribution in [0.25, 0.3) is 5.57 Å². The first-order valence-electron chi connectivity index (χ1n) is 5.43. The van der Waals surface area contributed by atoms with Crippen LogP contribution in [0.1, 0.15) is 5.56 Å². The van der Waals surface area contributed by atoms with E-state index in [1.807, 2.05) is 18.2 Å². The van der Waals surface area contributed by atoms with Crippen molar-refractivity contribution in [3.63, 3.8) is 0 Å². The molecule has 0 radical (unpaired) electrons. The van der Waals surface area contributed by atoms with Crippen molar-refractivity contribution in [2.45, 2.75) is 4.90 Å². The quantitative estimate of drug-likeness (QED) is 0.596. The van der Waals surface area contributed by atoms with Gasteiger partial charge in [-0.3, -0.25) is 0 Å². The molecule has 86 valence electrons. The summed E-state index contributed by atoms with van der Waals surface area (Å²) in [6.45, 7) is 4.13. The zero-order valence-corrected chi connectivity index (χ0v) is 11.1. The molecule has 0 bridgehead atoms. The van der Waals surface area contributed by atoms with Crippen LogP contribution >= 0.6 is 10.0 Å². The van der Waals surface area contributed by atoms with E-state index in [4.69, 9.17) is 6.42 Å². The van der Waals surface area contributed by atoms with Crippen LogP contribution in [0, 0.1) is 12.3 Å². The molecule has 0 fully saturated rings. The highest BCUT2D eigenvalue weighted by molar-refractivity contribution is 8.35. The Morgan fingerprint density at radius 2 is 1.94 bits per heavy atom. The van der Waals surface area contributed by atoms with Crippen LogP contribution in [0.3, 0.4) is 0 Å². The summed E-state index contributed by atoms with van der Waals surface area (Å²) in [5.74, 6) is 2.70. The van der Waals surface area contributed by atoms with Gasteiger partial charge < -0.3 is 0 Å². The smallest absolute Gasteiger partial charge is 0.0253 e. The number of hydrogen-bond donors (Lipinski definition) is 0. The molecule has 1 aromatic carbocycles. The Kier molecular flexibility index (Phi) is 3.00. The second-order valence-corrected chi connectivity index (χ2v) is 8.00. The summed E-state index contributed by atoms with van der Waals surface area (Å²) >= 11 is 0. The molecule has 0 saturated carbocycles. The van der Waals surface area contributed by atoms with Crippen LogP contribution in [-0.4, -0.2) is 12.5 Å². The Labute approximate surface area is 105 Å². The molecule has 0 N–H and O–H groups in total. The molecule has 0 unspecified atom stereocenters. The summed E-state index contributed by atoms with van der Waals surface area (Å²) in [6, 6.07) is 8.45. The molecule has 17 heavy (non-hydrogen) atoms. The molecule has 0 aromatic heterocycles. The highest BCUT2D eigenvalue weighted by Crippen LogP contribution is 2.54. The van der Waals surface area contributed by atoms with Crippen molar-refractivity contribution >= 4 is 15.6 Å². The van der Waals surface area contributed by atoms with Gasteiger partial charge in [0.05, 0.1) is 0 Å². The van der Waals surface area contributed by atoms with Crippen molar-refractivity contribution in [3.05, 3.63) is 59.5 Å². The third kappa shape index (κ3) is 2.23. The Balaban J connectivity index is 2.71. The van der Waals surface area contributed by atoms with Gasteiger partial charge in [0.25, 0.3) is 0 Å². The molecule has 0 spiro atoms. The predicted molar refractivity (Wildman–Crippen MR) is 79.2 cm³/mol. The van der Waals surface area contributed by atoms with Gasteiger partial charge >= 0.3 is 0 Å². The number of fused-ring (bicyclic) bond motifs is 1. The molecule has 1 aliphatic heterocycles. The monoisotopic (exact) mass is 240 g/mol. The number of benzene rings is 1. The van der Waals surface area contributed by atoms with Gasteiger partial charge in [0, 0.05) is 10.5 Å². The lowest BCUT2D eigenvalue weighted by molar-refractivity contribution is 1.38. The van der Waals surface area contributed by atoms with Crippen LogP contribution in [0.15, 0.2) is 58.9 Å². The normalized spacial score (nSPS) is 24.3. The van der Waals surface area contributed by atoms with E-state index in [2.05, 4.69) is 48.6 Å².